The highest BCUT2D eigenvalue weighted by molar-refractivity contribution is 7.33. The maximum absolute atomic E-state index is 13.6. The summed E-state index contributed by atoms with van der Waals surface area (Å²) >= 11 is 0. The third-order valence-corrected chi connectivity index (χ3v) is 6.63. The molecule has 5 N–H and O–H groups in total. The van der Waals surface area contributed by atoms with Gasteiger partial charge in [0.15, 0.2) is 11.2 Å². The second kappa shape index (κ2) is 10.3. The normalized spacial score (nSPS) is 21.5. The maximum atomic E-state index is 13.6. The quantitative estimate of drug-likeness (QED) is 0.250. The number of rotatable bonds is 9. The molecule has 0 amide bonds. The molecule has 0 saturated heterocycles. The molecule has 11 nitrogen and oxygen atoms in total. The molecule has 0 spiro atoms. The van der Waals surface area contributed by atoms with Crippen LogP contribution in [0.4, 0.5) is 14.7 Å². The lowest BCUT2D eigenvalue weighted by molar-refractivity contribution is 0.0918. The molecule has 2 heterocycles. The van der Waals surface area contributed by atoms with Crippen molar-refractivity contribution < 1.29 is 32.6 Å². The number of aromatic amines is 1. The Morgan fingerprint density at radius 2 is 2.06 bits per heavy atom. The summed E-state index contributed by atoms with van der Waals surface area (Å²) in [6.45, 7) is 3.42. The molecule has 5 atom stereocenters. The van der Waals surface area contributed by atoms with Crippen molar-refractivity contribution in [1.82, 2.24) is 19.5 Å². The smallest absolute Gasteiger partial charge is 0.396 e. The number of fused-ring (bicyclic) bond motifs is 1. The largest absolute Gasteiger partial charge is 0.698 e. The molecule has 0 aliphatic heterocycles. The SMILES string of the molecule is C=C1C(CO[P+](=O)OC(CCO)c2cc(F)cc(F)c2)C(O)CC1n1cnc2c(=O)[nH]c(N)nc21. The molecule has 3 aromatic rings. The van der Waals surface area contributed by atoms with Crippen LogP contribution in [0, 0.1) is 17.6 Å². The zero-order valence-corrected chi connectivity index (χ0v) is 19.2. The van der Waals surface area contributed by atoms with Crippen LogP contribution in [0.1, 0.15) is 30.6 Å². The number of aliphatic hydroxyl groups is 2. The van der Waals surface area contributed by atoms with E-state index in [4.69, 9.17) is 14.8 Å². The van der Waals surface area contributed by atoms with Gasteiger partial charge in [0.05, 0.1) is 18.5 Å². The van der Waals surface area contributed by atoms with Gasteiger partial charge < -0.3 is 20.5 Å². The minimum absolute atomic E-state index is 0.0580. The fourth-order valence-corrected chi connectivity index (χ4v) is 4.93. The van der Waals surface area contributed by atoms with Gasteiger partial charge in [-0.3, -0.25) is 9.78 Å². The number of aromatic nitrogens is 4. The van der Waals surface area contributed by atoms with E-state index in [0.29, 0.717) is 11.6 Å². The van der Waals surface area contributed by atoms with Gasteiger partial charge >= 0.3 is 8.25 Å². The lowest BCUT2D eigenvalue weighted by Gasteiger charge is -2.16. The van der Waals surface area contributed by atoms with Gasteiger partial charge in [-0.2, -0.15) is 4.98 Å². The third kappa shape index (κ3) is 5.29. The van der Waals surface area contributed by atoms with E-state index in [1.54, 1.807) is 4.57 Å². The summed E-state index contributed by atoms with van der Waals surface area (Å²) in [5.74, 6) is -2.41. The zero-order valence-electron chi connectivity index (χ0n) is 18.3. The monoisotopic (exact) mass is 510 g/mol. The molecule has 1 fully saturated rings. The number of aliphatic hydroxyl groups excluding tert-OH is 2. The Labute approximate surface area is 198 Å². The van der Waals surface area contributed by atoms with E-state index in [-0.39, 0.29) is 48.7 Å². The Bertz CT molecular complexity index is 1310. The summed E-state index contributed by atoms with van der Waals surface area (Å²) in [5, 5.41) is 19.8. The number of anilines is 1. The van der Waals surface area contributed by atoms with E-state index in [1.807, 2.05) is 0 Å². The summed E-state index contributed by atoms with van der Waals surface area (Å²) in [4.78, 5) is 22.6. The maximum Gasteiger partial charge on any atom is 0.698 e. The van der Waals surface area contributed by atoms with Crippen LogP contribution >= 0.6 is 8.25 Å². The van der Waals surface area contributed by atoms with Crippen molar-refractivity contribution in [1.29, 1.82) is 0 Å². The number of benzene rings is 1. The summed E-state index contributed by atoms with van der Waals surface area (Å²) in [5.41, 5.74) is 6.04. The number of nitrogens with one attached hydrogen (secondary N) is 1. The molecule has 1 aromatic carbocycles. The Morgan fingerprint density at radius 1 is 1.34 bits per heavy atom. The molecule has 14 heteroatoms. The molecule has 5 unspecified atom stereocenters. The second-order valence-electron chi connectivity index (χ2n) is 8.10. The standard InChI is InChI=1S/C21H22F2N5O6P/c1-10-14(8-33-35(32)34-17(2-3-29)11-4-12(22)6-13(23)5-11)16(30)7-15(10)28-9-25-18-19(28)26-21(24)27-20(18)31/h4-6,9,14-17,29-30H,1-3,7-8H2,(H2-,24,26,27,31)/p+1. The highest BCUT2D eigenvalue weighted by Gasteiger charge is 2.41. The molecule has 186 valence electrons. The molecule has 35 heavy (non-hydrogen) atoms. The number of imidazole rings is 1. The summed E-state index contributed by atoms with van der Waals surface area (Å²) in [6.07, 6.45) is -0.459. The van der Waals surface area contributed by atoms with Crippen LogP contribution in [-0.4, -0.2) is 49.0 Å². The molecule has 1 saturated carbocycles. The molecule has 2 aromatic heterocycles. The molecular formula is C21H23F2N5O6P+. The highest BCUT2D eigenvalue weighted by Crippen LogP contribution is 2.43. The Morgan fingerprint density at radius 3 is 2.74 bits per heavy atom. The molecule has 0 radical (unpaired) electrons. The molecule has 4 rings (SSSR count). The van der Waals surface area contributed by atoms with E-state index in [9.17, 15) is 28.4 Å². The average Bonchev–Trinajstić information content (AvgIpc) is 3.31. The zero-order chi connectivity index (χ0) is 25.3. The van der Waals surface area contributed by atoms with Crippen molar-refractivity contribution in [2.75, 3.05) is 18.9 Å². The predicted octanol–water partition coefficient (Wildman–Crippen LogP) is 2.27. The van der Waals surface area contributed by atoms with Gasteiger partial charge in [0.25, 0.3) is 5.56 Å². The Hall–Kier alpha value is -3.09. The van der Waals surface area contributed by atoms with Crippen molar-refractivity contribution >= 4 is 25.4 Å². The Balaban J connectivity index is 1.44. The van der Waals surface area contributed by atoms with Gasteiger partial charge in [-0.1, -0.05) is 6.58 Å². The number of nitrogens with zero attached hydrogens (tertiary/aromatic N) is 3. The lowest BCUT2D eigenvalue weighted by atomic mass is 10.0. The van der Waals surface area contributed by atoms with Crippen LogP contribution in [0.25, 0.3) is 11.2 Å². The summed E-state index contributed by atoms with van der Waals surface area (Å²) in [7, 11) is -2.78. The van der Waals surface area contributed by atoms with E-state index in [2.05, 4.69) is 21.5 Å². The van der Waals surface area contributed by atoms with E-state index in [1.165, 1.54) is 6.33 Å². The van der Waals surface area contributed by atoms with Crippen molar-refractivity contribution in [3.8, 4) is 0 Å². The molecule has 1 aliphatic rings. The first kappa shape index (κ1) is 25.0. The number of H-pyrrole nitrogens is 1. The van der Waals surface area contributed by atoms with Gasteiger partial charge in [0.2, 0.25) is 5.95 Å². The van der Waals surface area contributed by atoms with Crippen molar-refractivity contribution in [2.24, 2.45) is 5.92 Å². The minimum atomic E-state index is -2.78. The fourth-order valence-electron chi connectivity index (χ4n) is 4.15. The van der Waals surface area contributed by atoms with Crippen LogP contribution in [0.3, 0.4) is 0 Å². The number of nitrogen functional groups attached to an aromatic ring is 1. The third-order valence-electron chi connectivity index (χ3n) is 5.84. The van der Waals surface area contributed by atoms with Gasteiger partial charge in [-0.05, 0) is 29.7 Å². The minimum Gasteiger partial charge on any atom is -0.396 e. The number of halogens is 2. The topological polar surface area (TPSA) is 166 Å². The first-order valence-electron chi connectivity index (χ1n) is 10.6. The number of hydrogen-bond acceptors (Lipinski definition) is 9. The van der Waals surface area contributed by atoms with Crippen molar-refractivity contribution in [3.63, 3.8) is 0 Å². The molecular weight excluding hydrogens is 487 g/mol. The predicted molar refractivity (Wildman–Crippen MR) is 120 cm³/mol. The fraction of sp³-hybridized carbons (Fsp3) is 0.381. The van der Waals surface area contributed by atoms with Crippen molar-refractivity contribution in [3.05, 3.63) is 64.2 Å². The molecule has 1 aliphatic carbocycles. The summed E-state index contributed by atoms with van der Waals surface area (Å²) in [6, 6.07) is 2.24. The number of hydrogen-bond donors (Lipinski definition) is 4. The van der Waals surface area contributed by atoms with E-state index in [0.717, 1.165) is 12.1 Å². The molecule has 0 bridgehead atoms. The lowest BCUT2D eigenvalue weighted by Crippen LogP contribution is -2.19. The second-order valence-corrected chi connectivity index (χ2v) is 9.02. The van der Waals surface area contributed by atoms with E-state index < -0.39 is 49.6 Å². The van der Waals surface area contributed by atoms with E-state index >= 15 is 0 Å². The van der Waals surface area contributed by atoms with Crippen molar-refractivity contribution in [2.45, 2.75) is 31.1 Å². The van der Waals surface area contributed by atoms with Gasteiger partial charge in [0.1, 0.15) is 24.3 Å². The van der Waals surface area contributed by atoms with Gasteiger partial charge in [-0.25, -0.2) is 13.8 Å². The van der Waals surface area contributed by atoms with Crippen LogP contribution in [0.15, 0.2) is 41.5 Å². The summed E-state index contributed by atoms with van der Waals surface area (Å²) < 4.78 is 51.8. The first-order valence-corrected chi connectivity index (χ1v) is 11.7. The van der Waals surface area contributed by atoms with Crippen LogP contribution in [0.2, 0.25) is 0 Å². The first-order chi connectivity index (χ1) is 16.7. The van der Waals surface area contributed by atoms with Crippen LogP contribution in [0.5, 0.6) is 0 Å². The average molecular weight is 510 g/mol. The van der Waals surface area contributed by atoms with Crippen LogP contribution in [-0.2, 0) is 13.6 Å². The van der Waals surface area contributed by atoms with Gasteiger partial charge in [-0.15, -0.1) is 9.05 Å². The highest BCUT2D eigenvalue weighted by atomic mass is 31.1. The van der Waals surface area contributed by atoms with Crippen LogP contribution < -0.4 is 11.3 Å². The number of nitrogens with two attached hydrogens (primary N) is 1. The Kier molecular flexibility index (Phi) is 7.33. The van der Waals surface area contributed by atoms with Gasteiger partial charge in [0, 0.05) is 29.6 Å².